The molecule has 6 nitrogen and oxygen atoms in total. The predicted molar refractivity (Wildman–Crippen MR) is 96.4 cm³/mol. The summed E-state index contributed by atoms with van der Waals surface area (Å²) in [4.78, 5) is 0. The Morgan fingerprint density at radius 3 is 2.72 bits per heavy atom. The van der Waals surface area contributed by atoms with Crippen molar-refractivity contribution in [3.8, 4) is 11.3 Å². The molecule has 2 aromatic heterocycles. The maximum absolute atomic E-state index is 5.96. The normalized spacial score (nSPS) is 12.5. The number of hydrogen-bond acceptors (Lipinski definition) is 5. The van der Waals surface area contributed by atoms with Gasteiger partial charge in [0.25, 0.3) is 0 Å². The Kier molecular flexibility index (Phi) is 5.53. The van der Waals surface area contributed by atoms with Gasteiger partial charge in [0.05, 0.1) is 25.4 Å². The molecule has 1 atom stereocenters. The van der Waals surface area contributed by atoms with Crippen LogP contribution in [-0.4, -0.2) is 28.7 Å². The third-order valence-corrected chi connectivity index (χ3v) is 4.45. The summed E-state index contributed by atoms with van der Waals surface area (Å²) in [6.07, 6.45) is 1.80. The zero-order valence-corrected chi connectivity index (χ0v) is 15.2. The van der Waals surface area contributed by atoms with E-state index in [1.165, 1.54) is 0 Å². The Bertz CT molecular complexity index is 826. The van der Waals surface area contributed by atoms with Gasteiger partial charge in [0.15, 0.2) is 5.76 Å². The maximum atomic E-state index is 5.96. The summed E-state index contributed by atoms with van der Waals surface area (Å²) >= 11 is 5.96. The quantitative estimate of drug-likeness (QED) is 0.698. The van der Waals surface area contributed by atoms with Gasteiger partial charge in [-0.1, -0.05) is 28.9 Å². The van der Waals surface area contributed by atoms with Gasteiger partial charge < -0.3 is 14.6 Å². The number of halogens is 1. The highest BCUT2D eigenvalue weighted by atomic mass is 35.5. The molecule has 1 N–H and O–H groups in total. The van der Waals surface area contributed by atoms with E-state index < -0.39 is 0 Å². The first-order chi connectivity index (χ1) is 12.1. The number of aryl methyl sites for hydroxylation is 1. The van der Waals surface area contributed by atoms with Crippen LogP contribution in [0.3, 0.4) is 0 Å². The fourth-order valence-corrected chi connectivity index (χ4v) is 2.76. The molecule has 2 heterocycles. The van der Waals surface area contributed by atoms with Crippen LogP contribution in [0, 0.1) is 6.92 Å². The zero-order chi connectivity index (χ0) is 17.8. The van der Waals surface area contributed by atoms with E-state index in [9.17, 15) is 0 Å². The second-order valence-corrected chi connectivity index (χ2v) is 6.32. The summed E-state index contributed by atoms with van der Waals surface area (Å²) in [7, 11) is 3.59. The van der Waals surface area contributed by atoms with E-state index in [-0.39, 0.29) is 6.04 Å². The Morgan fingerprint density at radius 2 is 2.08 bits per heavy atom. The van der Waals surface area contributed by atoms with Crippen LogP contribution >= 0.6 is 11.6 Å². The van der Waals surface area contributed by atoms with Crippen molar-refractivity contribution in [3.63, 3.8) is 0 Å². The van der Waals surface area contributed by atoms with Crippen molar-refractivity contribution in [2.45, 2.75) is 19.5 Å². The van der Waals surface area contributed by atoms with Gasteiger partial charge in [-0.2, -0.15) is 5.10 Å². The van der Waals surface area contributed by atoms with E-state index in [2.05, 4.69) is 15.6 Å². The Labute approximate surface area is 151 Å². The van der Waals surface area contributed by atoms with Crippen LogP contribution in [0.15, 0.2) is 41.1 Å². The van der Waals surface area contributed by atoms with Crippen molar-refractivity contribution < 1.29 is 9.26 Å². The molecule has 132 valence electrons. The molecule has 25 heavy (non-hydrogen) atoms. The van der Waals surface area contributed by atoms with E-state index >= 15 is 0 Å². The van der Waals surface area contributed by atoms with E-state index in [1.807, 2.05) is 49.0 Å². The van der Waals surface area contributed by atoms with E-state index in [1.54, 1.807) is 13.3 Å². The van der Waals surface area contributed by atoms with Crippen LogP contribution in [0.1, 0.15) is 23.1 Å². The zero-order valence-electron chi connectivity index (χ0n) is 14.5. The van der Waals surface area contributed by atoms with Crippen LogP contribution in [0.5, 0.6) is 0 Å². The number of ether oxygens (including phenoxy) is 1. The number of nitrogens with zero attached hydrogens (tertiary/aromatic N) is 3. The van der Waals surface area contributed by atoms with Gasteiger partial charge in [-0.3, -0.25) is 4.68 Å². The highest BCUT2D eigenvalue weighted by molar-refractivity contribution is 6.30. The first-order valence-corrected chi connectivity index (χ1v) is 8.38. The van der Waals surface area contributed by atoms with Crippen LogP contribution in [0.25, 0.3) is 11.3 Å². The molecule has 0 saturated heterocycles. The van der Waals surface area contributed by atoms with Gasteiger partial charge in [-0.15, -0.1) is 0 Å². The molecule has 0 bridgehead atoms. The monoisotopic (exact) mass is 360 g/mol. The standard InChI is InChI=1S/C18H21ClN4O2/c1-12-16(10-21-23(12)2)17-8-15(25-22-17)9-20-18(11-24-3)13-4-6-14(19)7-5-13/h4-8,10,18,20H,9,11H2,1-3H3. The van der Waals surface area contributed by atoms with Crippen molar-refractivity contribution in [1.29, 1.82) is 0 Å². The number of nitrogens with one attached hydrogen (secondary N) is 1. The minimum atomic E-state index is 0.0379. The van der Waals surface area contributed by atoms with Crippen molar-refractivity contribution >= 4 is 11.6 Å². The highest BCUT2D eigenvalue weighted by Crippen LogP contribution is 2.23. The van der Waals surface area contributed by atoms with Gasteiger partial charge in [0.2, 0.25) is 0 Å². The number of methoxy groups -OCH3 is 1. The Morgan fingerprint density at radius 1 is 1.32 bits per heavy atom. The minimum Gasteiger partial charge on any atom is -0.383 e. The first-order valence-electron chi connectivity index (χ1n) is 8.01. The molecular formula is C18H21ClN4O2. The number of hydrogen-bond donors (Lipinski definition) is 1. The Hall–Kier alpha value is -2.15. The van der Waals surface area contributed by atoms with Crippen LogP contribution in [0.2, 0.25) is 5.02 Å². The third-order valence-electron chi connectivity index (χ3n) is 4.20. The van der Waals surface area contributed by atoms with E-state index in [4.69, 9.17) is 20.9 Å². The van der Waals surface area contributed by atoms with Crippen molar-refractivity contribution in [1.82, 2.24) is 20.3 Å². The lowest BCUT2D eigenvalue weighted by Gasteiger charge is -2.17. The van der Waals surface area contributed by atoms with E-state index in [0.717, 1.165) is 28.3 Å². The maximum Gasteiger partial charge on any atom is 0.151 e. The van der Waals surface area contributed by atoms with Gasteiger partial charge in [0, 0.05) is 36.5 Å². The molecule has 3 aromatic rings. The van der Waals surface area contributed by atoms with Crippen LogP contribution in [-0.2, 0) is 18.3 Å². The molecule has 3 rings (SSSR count). The summed E-state index contributed by atoms with van der Waals surface area (Å²) in [6.45, 7) is 3.09. The highest BCUT2D eigenvalue weighted by Gasteiger charge is 2.15. The molecule has 0 saturated carbocycles. The molecule has 7 heteroatoms. The average molecular weight is 361 g/mol. The lowest BCUT2D eigenvalue weighted by atomic mass is 10.1. The summed E-state index contributed by atoms with van der Waals surface area (Å²) in [6, 6.07) is 9.70. The fraction of sp³-hybridized carbons (Fsp3) is 0.333. The van der Waals surface area contributed by atoms with Gasteiger partial charge in [-0.25, -0.2) is 0 Å². The molecule has 0 amide bonds. The Balaban J connectivity index is 1.69. The van der Waals surface area contributed by atoms with Gasteiger partial charge >= 0.3 is 0 Å². The topological polar surface area (TPSA) is 65.1 Å². The molecule has 0 radical (unpaired) electrons. The number of rotatable bonds is 7. The summed E-state index contributed by atoms with van der Waals surface area (Å²) < 4.78 is 12.6. The lowest BCUT2D eigenvalue weighted by Crippen LogP contribution is -2.24. The summed E-state index contributed by atoms with van der Waals surface area (Å²) in [5.74, 6) is 0.758. The lowest BCUT2D eigenvalue weighted by molar-refractivity contribution is 0.164. The average Bonchev–Trinajstić information content (AvgIpc) is 3.20. The molecule has 1 unspecified atom stereocenters. The van der Waals surface area contributed by atoms with Crippen LogP contribution < -0.4 is 5.32 Å². The predicted octanol–water partition coefficient (Wildman–Crippen LogP) is 3.51. The van der Waals surface area contributed by atoms with Crippen molar-refractivity contribution in [2.75, 3.05) is 13.7 Å². The molecule has 0 fully saturated rings. The van der Waals surface area contributed by atoms with Crippen molar-refractivity contribution in [3.05, 3.63) is 58.6 Å². The number of aromatic nitrogens is 3. The minimum absolute atomic E-state index is 0.0379. The smallest absolute Gasteiger partial charge is 0.151 e. The summed E-state index contributed by atoms with van der Waals surface area (Å²) in [5, 5.41) is 12.5. The first kappa shape index (κ1) is 17.7. The second-order valence-electron chi connectivity index (χ2n) is 5.89. The molecule has 0 aliphatic rings. The van der Waals surface area contributed by atoms with Crippen molar-refractivity contribution in [2.24, 2.45) is 7.05 Å². The molecule has 0 aliphatic heterocycles. The molecule has 0 aliphatic carbocycles. The van der Waals surface area contributed by atoms with E-state index in [0.29, 0.717) is 18.2 Å². The molecule has 0 spiro atoms. The second kappa shape index (κ2) is 7.82. The fourth-order valence-electron chi connectivity index (χ4n) is 2.63. The number of benzene rings is 1. The SMILES string of the molecule is COCC(NCc1cc(-c2cnn(C)c2C)no1)c1ccc(Cl)cc1. The largest absolute Gasteiger partial charge is 0.383 e. The van der Waals surface area contributed by atoms with Gasteiger partial charge in [-0.05, 0) is 24.6 Å². The molecular weight excluding hydrogens is 340 g/mol. The van der Waals surface area contributed by atoms with Gasteiger partial charge in [0.1, 0.15) is 5.69 Å². The van der Waals surface area contributed by atoms with Crippen LogP contribution in [0.4, 0.5) is 0 Å². The molecule has 1 aromatic carbocycles. The third kappa shape index (κ3) is 4.10. The summed E-state index contributed by atoms with van der Waals surface area (Å²) in [5.41, 5.74) is 3.92.